The quantitative estimate of drug-likeness (QED) is 0.818. The second-order valence-electron chi connectivity index (χ2n) is 3.83. The first-order chi connectivity index (χ1) is 7.61. The Morgan fingerprint density at radius 1 is 1.81 bits per heavy atom. The van der Waals surface area contributed by atoms with Gasteiger partial charge in [-0.1, -0.05) is 6.92 Å². The van der Waals surface area contributed by atoms with E-state index in [0.29, 0.717) is 5.75 Å². The minimum absolute atomic E-state index is 0.0600. The number of aromatic nitrogens is 2. The molecule has 0 radical (unpaired) electrons. The molecular weight excluding hydrogens is 226 g/mol. The van der Waals surface area contributed by atoms with Crippen LogP contribution in [0.25, 0.3) is 0 Å². The largest absolute Gasteiger partial charge is 0.480 e. The summed E-state index contributed by atoms with van der Waals surface area (Å²) in [7, 11) is 1.89. The van der Waals surface area contributed by atoms with Crippen molar-refractivity contribution in [1.82, 2.24) is 15.1 Å². The van der Waals surface area contributed by atoms with Gasteiger partial charge in [-0.2, -0.15) is 5.10 Å². The van der Waals surface area contributed by atoms with Crippen LogP contribution in [-0.2, 0) is 18.3 Å². The highest BCUT2D eigenvalue weighted by molar-refractivity contribution is 7.99. The summed E-state index contributed by atoms with van der Waals surface area (Å²) in [6, 6.07) is -0.445. The van der Waals surface area contributed by atoms with Gasteiger partial charge in [0.15, 0.2) is 0 Å². The van der Waals surface area contributed by atoms with Gasteiger partial charge < -0.3 is 5.11 Å². The monoisotopic (exact) mass is 241 g/mol. The van der Waals surface area contributed by atoms with Gasteiger partial charge in [0.2, 0.25) is 0 Å². The summed E-state index contributed by atoms with van der Waals surface area (Å²) < 4.78 is 1.78. The number of thioether (sulfide) groups is 1. The zero-order valence-electron chi connectivity index (χ0n) is 9.30. The number of carboxylic acid groups (broad SMARTS) is 1. The molecule has 1 aromatic heterocycles. The molecule has 5 nitrogen and oxygen atoms in total. The van der Waals surface area contributed by atoms with E-state index < -0.39 is 12.0 Å². The van der Waals surface area contributed by atoms with E-state index in [2.05, 4.69) is 17.3 Å². The maximum Gasteiger partial charge on any atom is 0.321 e. The molecule has 1 saturated heterocycles. The van der Waals surface area contributed by atoms with Gasteiger partial charge in [0.1, 0.15) is 6.04 Å². The van der Waals surface area contributed by atoms with Crippen LogP contribution < -0.4 is 5.32 Å². The fourth-order valence-electron chi connectivity index (χ4n) is 1.84. The number of rotatable bonds is 3. The number of aliphatic carboxylic acids is 1. The Morgan fingerprint density at radius 3 is 3.12 bits per heavy atom. The van der Waals surface area contributed by atoms with Crippen molar-refractivity contribution in [2.24, 2.45) is 7.05 Å². The second-order valence-corrected chi connectivity index (χ2v) is 4.97. The first kappa shape index (κ1) is 11.5. The fourth-order valence-corrected chi connectivity index (χ4v) is 3.10. The molecule has 0 aliphatic carbocycles. The van der Waals surface area contributed by atoms with Gasteiger partial charge >= 0.3 is 5.97 Å². The molecule has 2 rings (SSSR count). The third kappa shape index (κ3) is 2.08. The molecule has 6 heteroatoms. The maximum absolute atomic E-state index is 10.8. The van der Waals surface area contributed by atoms with Gasteiger partial charge in [-0.25, -0.2) is 0 Å². The minimum Gasteiger partial charge on any atom is -0.480 e. The van der Waals surface area contributed by atoms with Crippen LogP contribution in [0.1, 0.15) is 23.6 Å². The molecule has 0 spiro atoms. The molecule has 0 aromatic carbocycles. The third-order valence-corrected chi connectivity index (χ3v) is 3.88. The zero-order valence-corrected chi connectivity index (χ0v) is 10.1. The van der Waals surface area contributed by atoms with Crippen LogP contribution in [0.15, 0.2) is 6.20 Å². The Morgan fingerprint density at radius 2 is 2.56 bits per heavy atom. The number of hydrogen-bond acceptors (Lipinski definition) is 4. The van der Waals surface area contributed by atoms with Crippen LogP contribution in [0, 0.1) is 0 Å². The van der Waals surface area contributed by atoms with Gasteiger partial charge in [-0.05, 0) is 6.42 Å². The average molecular weight is 241 g/mol. The number of carbonyl (C=O) groups is 1. The molecule has 1 unspecified atom stereocenters. The van der Waals surface area contributed by atoms with E-state index in [9.17, 15) is 4.79 Å². The summed E-state index contributed by atoms with van der Waals surface area (Å²) in [4.78, 5) is 10.8. The number of carboxylic acids is 1. The number of aryl methyl sites for hydroxylation is 2. The van der Waals surface area contributed by atoms with Crippen LogP contribution in [0.5, 0.6) is 0 Å². The van der Waals surface area contributed by atoms with Gasteiger partial charge in [0.05, 0.1) is 11.1 Å². The Hall–Kier alpha value is -1.01. The molecule has 0 saturated carbocycles. The lowest BCUT2D eigenvalue weighted by atomic mass is 10.2. The normalized spacial score (nSPS) is 24.9. The van der Waals surface area contributed by atoms with E-state index in [1.54, 1.807) is 16.4 Å². The van der Waals surface area contributed by atoms with Crippen molar-refractivity contribution in [2.75, 3.05) is 5.75 Å². The molecule has 2 N–H and O–H groups in total. The molecule has 0 bridgehead atoms. The summed E-state index contributed by atoms with van der Waals surface area (Å²) >= 11 is 1.63. The van der Waals surface area contributed by atoms with Crippen LogP contribution in [-0.4, -0.2) is 32.7 Å². The van der Waals surface area contributed by atoms with Crippen molar-refractivity contribution in [2.45, 2.75) is 24.8 Å². The molecule has 16 heavy (non-hydrogen) atoms. The van der Waals surface area contributed by atoms with Crippen molar-refractivity contribution in [3.63, 3.8) is 0 Å². The highest BCUT2D eigenvalue weighted by atomic mass is 32.2. The van der Waals surface area contributed by atoms with E-state index in [0.717, 1.165) is 17.7 Å². The Kier molecular flexibility index (Phi) is 3.20. The van der Waals surface area contributed by atoms with Crippen LogP contribution in [0.3, 0.4) is 0 Å². The van der Waals surface area contributed by atoms with Crippen molar-refractivity contribution in [3.8, 4) is 0 Å². The van der Waals surface area contributed by atoms with Crippen LogP contribution >= 0.6 is 11.8 Å². The number of nitrogens with zero attached hydrogens (tertiary/aromatic N) is 2. The van der Waals surface area contributed by atoms with Crippen LogP contribution in [0.4, 0.5) is 0 Å². The molecule has 88 valence electrons. The molecule has 2 atom stereocenters. The van der Waals surface area contributed by atoms with E-state index in [1.165, 1.54) is 0 Å². The number of nitrogens with one attached hydrogen (secondary N) is 1. The van der Waals surface area contributed by atoms with Gasteiger partial charge in [-0.3, -0.25) is 14.8 Å². The lowest BCUT2D eigenvalue weighted by Gasteiger charge is -2.10. The fraction of sp³-hybridized carbons (Fsp3) is 0.600. The highest BCUT2D eigenvalue weighted by Gasteiger charge is 2.32. The van der Waals surface area contributed by atoms with E-state index >= 15 is 0 Å². The molecule has 1 fully saturated rings. The molecule has 1 aliphatic rings. The average Bonchev–Trinajstić information content (AvgIpc) is 2.82. The lowest BCUT2D eigenvalue weighted by Crippen LogP contribution is -2.33. The van der Waals surface area contributed by atoms with Crippen molar-refractivity contribution < 1.29 is 9.90 Å². The van der Waals surface area contributed by atoms with Gasteiger partial charge in [0.25, 0.3) is 0 Å². The first-order valence-electron chi connectivity index (χ1n) is 5.24. The Balaban J connectivity index is 2.16. The summed E-state index contributed by atoms with van der Waals surface area (Å²) in [5.41, 5.74) is 2.15. The second kappa shape index (κ2) is 4.47. The predicted molar refractivity (Wildman–Crippen MR) is 62.3 cm³/mol. The number of hydrogen-bond donors (Lipinski definition) is 2. The van der Waals surface area contributed by atoms with Crippen molar-refractivity contribution in [1.29, 1.82) is 0 Å². The highest BCUT2D eigenvalue weighted by Crippen LogP contribution is 2.34. The summed E-state index contributed by atoms with van der Waals surface area (Å²) in [6.45, 7) is 2.06. The topological polar surface area (TPSA) is 67.2 Å². The van der Waals surface area contributed by atoms with Gasteiger partial charge in [-0.15, -0.1) is 11.8 Å². The summed E-state index contributed by atoms with van der Waals surface area (Å²) in [5.74, 6) is -0.171. The van der Waals surface area contributed by atoms with E-state index in [1.807, 2.05) is 13.2 Å². The van der Waals surface area contributed by atoms with Gasteiger partial charge in [0, 0.05) is 24.6 Å². The standard InChI is InChI=1S/C10H15N3O2S/c1-3-7-6(4-13(2)12-7)9-11-8(5-16-9)10(14)15/h4,8-9,11H,3,5H2,1-2H3,(H,14,15)/t8-,9?/m0/s1. The predicted octanol–water partition coefficient (Wildman–Crippen LogP) is 0.771. The molecule has 2 heterocycles. The zero-order chi connectivity index (χ0) is 11.7. The lowest BCUT2D eigenvalue weighted by molar-refractivity contribution is -0.138. The molecule has 0 amide bonds. The SMILES string of the molecule is CCc1nn(C)cc1C1N[C@H](C(=O)O)CS1. The molecule has 1 aromatic rings. The Bertz CT molecular complexity index is 405. The minimum atomic E-state index is -0.781. The van der Waals surface area contributed by atoms with E-state index in [4.69, 9.17) is 5.11 Å². The molecular formula is C10H15N3O2S. The maximum atomic E-state index is 10.8. The smallest absolute Gasteiger partial charge is 0.321 e. The van der Waals surface area contributed by atoms with E-state index in [-0.39, 0.29) is 5.37 Å². The van der Waals surface area contributed by atoms with Crippen LogP contribution in [0.2, 0.25) is 0 Å². The molecule has 1 aliphatic heterocycles. The third-order valence-electron chi connectivity index (χ3n) is 2.64. The summed E-state index contributed by atoms with van der Waals surface area (Å²) in [6.07, 6.45) is 2.83. The first-order valence-corrected chi connectivity index (χ1v) is 6.29. The Labute approximate surface area is 98.2 Å². The van der Waals surface area contributed by atoms with Crippen molar-refractivity contribution >= 4 is 17.7 Å². The van der Waals surface area contributed by atoms with Crippen molar-refractivity contribution in [3.05, 3.63) is 17.5 Å². The summed E-state index contributed by atoms with van der Waals surface area (Å²) in [5, 5.41) is 16.4.